The van der Waals surface area contributed by atoms with Crippen molar-refractivity contribution in [3.05, 3.63) is 51.2 Å². The molecular weight excluding hydrogens is 286 g/mol. The van der Waals surface area contributed by atoms with Crippen molar-refractivity contribution >= 4 is 23.2 Å². The maximum absolute atomic E-state index is 12.3. The fourth-order valence-corrected chi connectivity index (χ4v) is 2.72. The number of nitriles is 1. The number of methoxy groups -OCH3 is 1. The molecule has 21 heavy (non-hydrogen) atoms. The lowest BCUT2D eigenvalue weighted by Gasteiger charge is -2.04. The molecule has 0 aliphatic carbocycles. The van der Waals surface area contributed by atoms with Crippen molar-refractivity contribution in [1.29, 1.82) is 5.26 Å². The molecule has 0 spiro atoms. The Kier molecular flexibility index (Phi) is 4.41. The summed E-state index contributed by atoms with van der Waals surface area (Å²) in [5.41, 5.74) is 1.45. The number of Topliss-reactive ketones (excluding diaryl/α,β-unsaturated/α-hetero) is 1. The van der Waals surface area contributed by atoms with Gasteiger partial charge in [0.2, 0.25) is 5.78 Å². The third-order valence-electron chi connectivity index (χ3n) is 2.95. The topological polar surface area (TPSA) is 70.3 Å². The maximum atomic E-state index is 12.3. The molecule has 0 amide bonds. The van der Waals surface area contributed by atoms with Crippen LogP contribution in [0.5, 0.6) is 11.5 Å². The van der Waals surface area contributed by atoms with Crippen LogP contribution in [-0.4, -0.2) is 18.0 Å². The van der Waals surface area contributed by atoms with Gasteiger partial charge in [0.15, 0.2) is 11.5 Å². The molecule has 0 atom stereocenters. The minimum Gasteiger partial charge on any atom is -0.504 e. The first-order valence-electron chi connectivity index (χ1n) is 6.14. The number of ketones is 1. The molecule has 5 heteroatoms. The van der Waals surface area contributed by atoms with E-state index in [2.05, 4.69) is 0 Å². The fraction of sp³-hybridized carbons (Fsp3) is 0.125. The van der Waals surface area contributed by atoms with Gasteiger partial charge in [-0.25, -0.2) is 0 Å². The highest BCUT2D eigenvalue weighted by atomic mass is 32.1. The number of rotatable bonds is 4. The molecule has 1 aromatic heterocycles. The molecule has 1 heterocycles. The van der Waals surface area contributed by atoms with Gasteiger partial charge >= 0.3 is 0 Å². The van der Waals surface area contributed by atoms with Crippen molar-refractivity contribution in [2.24, 2.45) is 0 Å². The van der Waals surface area contributed by atoms with Crippen molar-refractivity contribution in [2.75, 3.05) is 7.11 Å². The highest BCUT2D eigenvalue weighted by molar-refractivity contribution is 7.12. The first kappa shape index (κ1) is 14.8. The summed E-state index contributed by atoms with van der Waals surface area (Å²) in [7, 11) is 1.45. The predicted molar refractivity (Wildman–Crippen MR) is 81.6 cm³/mol. The van der Waals surface area contributed by atoms with Crippen molar-refractivity contribution in [3.63, 3.8) is 0 Å². The lowest BCUT2D eigenvalue weighted by atomic mass is 10.1. The summed E-state index contributed by atoms with van der Waals surface area (Å²) in [6.07, 6.45) is 1.46. The molecule has 2 rings (SSSR count). The van der Waals surface area contributed by atoms with Crippen LogP contribution in [0.4, 0.5) is 0 Å². The Morgan fingerprint density at radius 1 is 1.43 bits per heavy atom. The molecule has 0 bridgehead atoms. The number of aromatic hydroxyl groups is 1. The molecule has 0 fully saturated rings. The summed E-state index contributed by atoms with van der Waals surface area (Å²) in [6, 6.07) is 8.46. The third kappa shape index (κ3) is 3.12. The van der Waals surface area contributed by atoms with Gasteiger partial charge in [-0.2, -0.15) is 5.26 Å². The van der Waals surface area contributed by atoms with Gasteiger partial charge in [-0.1, -0.05) is 6.07 Å². The monoisotopic (exact) mass is 299 g/mol. The molecule has 1 aromatic carbocycles. The van der Waals surface area contributed by atoms with Gasteiger partial charge in [-0.15, -0.1) is 11.3 Å². The highest BCUT2D eigenvalue weighted by Gasteiger charge is 2.16. The van der Waals surface area contributed by atoms with E-state index in [9.17, 15) is 15.2 Å². The number of phenolic OH excluding ortho intramolecular Hbond substituents is 1. The van der Waals surface area contributed by atoms with E-state index in [1.54, 1.807) is 12.1 Å². The summed E-state index contributed by atoms with van der Waals surface area (Å²) in [4.78, 5) is 12.9. The van der Waals surface area contributed by atoms with Gasteiger partial charge < -0.3 is 9.84 Å². The van der Waals surface area contributed by atoms with Crippen LogP contribution < -0.4 is 4.74 Å². The van der Waals surface area contributed by atoms with E-state index >= 15 is 0 Å². The zero-order valence-electron chi connectivity index (χ0n) is 11.6. The lowest BCUT2D eigenvalue weighted by Crippen LogP contribution is -2.01. The first-order valence-corrected chi connectivity index (χ1v) is 7.02. The molecule has 0 aliphatic heterocycles. The average molecular weight is 299 g/mol. The van der Waals surface area contributed by atoms with Crippen LogP contribution in [0.2, 0.25) is 0 Å². The molecule has 106 valence electrons. The van der Waals surface area contributed by atoms with Crippen LogP contribution in [0.15, 0.2) is 35.2 Å². The maximum Gasteiger partial charge on any atom is 0.213 e. The Morgan fingerprint density at radius 3 is 2.71 bits per heavy atom. The molecule has 0 aliphatic rings. The summed E-state index contributed by atoms with van der Waals surface area (Å²) in [5.74, 6) is -0.00492. The van der Waals surface area contributed by atoms with E-state index in [-0.39, 0.29) is 17.1 Å². The molecule has 1 N–H and O–H groups in total. The highest BCUT2D eigenvalue weighted by Crippen LogP contribution is 2.28. The number of carbonyl (C=O) groups is 1. The zero-order valence-corrected chi connectivity index (χ0v) is 12.4. The number of allylic oxidation sites excluding steroid dienone is 1. The van der Waals surface area contributed by atoms with Crippen LogP contribution in [0.25, 0.3) is 6.08 Å². The molecular formula is C16H13NO3S. The summed E-state index contributed by atoms with van der Waals surface area (Å²) in [5, 5.41) is 20.7. The van der Waals surface area contributed by atoms with E-state index in [4.69, 9.17) is 4.74 Å². The Labute approximate surface area is 126 Å². The van der Waals surface area contributed by atoms with Crippen molar-refractivity contribution in [2.45, 2.75) is 6.92 Å². The number of carbonyl (C=O) groups excluding carboxylic acids is 1. The average Bonchev–Trinajstić information content (AvgIpc) is 2.90. The second-order valence-corrected chi connectivity index (χ2v) is 5.28. The second-order valence-electron chi connectivity index (χ2n) is 4.36. The molecule has 0 unspecified atom stereocenters. The molecule has 0 saturated heterocycles. The first-order chi connectivity index (χ1) is 10.1. The Hall–Kier alpha value is -2.58. The van der Waals surface area contributed by atoms with E-state index in [0.29, 0.717) is 16.2 Å². The van der Waals surface area contributed by atoms with Crippen molar-refractivity contribution in [1.82, 2.24) is 0 Å². The number of phenols is 1. The van der Waals surface area contributed by atoms with E-state index in [1.165, 1.54) is 30.6 Å². The van der Waals surface area contributed by atoms with Gasteiger partial charge in [0, 0.05) is 0 Å². The number of thiophene rings is 1. The Morgan fingerprint density at radius 2 is 2.19 bits per heavy atom. The van der Waals surface area contributed by atoms with Crippen molar-refractivity contribution < 1.29 is 14.6 Å². The van der Waals surface area contributed by atoms with E-state index in [0.717, 1.165) is 5.56 Å². The molecule has 0 saturated carbocycles. The van der Waals surface area contributed by atoms with Crippen molar-refractivity contribution in [3.8, 4) is 17.6 Å². The van der Waals surface area contributed by atoms with Gasteiger partial charge in [0.25, 0.3) is 0 Å². The van der Waals surface area contributed by atoms with E-state index in [1.807, 2.05) is 24.4 Å². The lowest BCUT2D eigenvalue weighted by molar-refractivity contribution is 0.104. The van der Waals surface area contributed by atoms with Gasteiger partial charge in [-0.05, 0) is 47.7 Å². The Balaban J connectivity index is 2.38. The van der Waals surface area contributed by atoms with Crippen LogP contribution in [-0.2, 0) is 0 Å². The molecule has 0 radical (unpaired) electrons. The standard InChI is InChI=1S/C16H13NO3S/c1-10-5-6-21-16(10)15(19)12(9-17)7-11-3-4-14(20-2)13(18)8-11/h3-8,18H,1-2H3/b12-7+. The number of hydrogen-bond donors (Lipinski definition) is 1. The normalized spacial score (nSPS) is 11.0. The SMILES string of the molecule is COc1ccc(/C=C(\C#N)C(=O)c2sccc2C)cc1O. The van der Waals surface area contributed by atoms with Gasteiger partial charge in [0.1, 0.15) is 11.6 Å². The van der Waals surface area contributed by atoms with Gasteiger partial charge in [-0.3, -0.25) is 4.79 Å². The van der Waals surface area contributed by atoms with Crippen LogP contribution in [0.1, 0.15) is 20.8 Å². The van der Waals surface area contributed by atoms with Gasteiger partial charge in [0.05, 0.1) is 12.0 Å². The fourth-order valence-electron chi connectivity index (χ4n) is 1.84. The third-order valence-corrected chi connectivity index (χ3v) is 3.96. The quantitative estimate of drug-likeness (QED) is 0.532. The number of nitrogens with zero attached hydrogens (tertiary/aromatic N) is 1. The number of aryl methyl sites for hydroxylation is 1. The van der Waals surface area contributed by atoms with Crippen LogP contribution in [0, 0.1) is 18.3 Å². The number of ether oxygens (including phenoxy) is 1. The molecule has 2 aromatic rings. The predicted octanol–water partition coefficient (Wildman–Crippen LogP) is 3.56. The largest absolute Gasteiger partial charge is 0.504 e. The van der Waals surface area contributed by atoms with Crippen LogP contribution in [0.3, 0.4) is 0 Å². The Bertz CT molecular complexity index is 753. The molecule has 4 nitrogen and oxygen atoms in total. The number of hydrogen-bond acceptors (Lipinski definition) is 5. The second kappa shape index (κ2) is 6.25. The summed E-state index contributed by atoms with van der Waals surface area (Å²) < 4.78 is 4.95. The van der Waals surface area contributed by atoms with Crippen LogP contribution >= 0.6 is 11.3 Å². The minimum atomic E-state index is -0.305. The zero-order chi connectivity index (χ0) is 15.4. The minimum absolute atomic E-state index is 0.0325. The number of benzene rings is 1. The summed E-state index contributed by atoms with van der Waals surface area (Å²) >= 11 is 1.31. The van der Waals surface area contributed by atoms with E-state index < -0.39 is 0 Å². The smallest absolute Gasteiger partial charge is 0.213 e. The summed E-state index contributed by atoms with van der Waals surface area (Å²) in [6.45, 7) is 1.83.